The van der Waals surface area contributed by atoms with Gasteiger partial charge in [0.2, 0.25) is 5.75 Å². The lowest BCUT2D eigenvalue weighted by Crippen LogP contribution is -2.40. The molecule has 1 N–H and O–H groups in total. The average Bonchev–Trinajstić information content (AvgIpc) is 2.88. The van der Waals surface area contributed by atoms with Gasteiger partial charge in [0.05, 0.1) is 38.1 Å². The second-order valence-electron chi connectivity index (χ2n) is 7.46. The average molecular weight is 532 g/mol. The molecule has 9 nitrogen and oxygen atoms in total. The summed E-state index contributed by atoms with van der Waals surface area (Å²) in [6, 6.07) is 16.0. The van der Waals surface area contributed by atoms with E-state index in [0.717, 1.165) is 4.31 Å². The highest BCUT2D eigenvalue weighted by Gasteiger charge is 2.28. The van der Waals surface area contributed by atoms with Gasteiger partial charge in [0.1, 0.15) is 6.54 Å². The van der Waals surface area contributed by atoms with E-state index in [1.807, 2.05) is 0 Å². The predicted octanol–water partition coefficient (Wildman–Crippen LogP) is 4.02. The van der Waals surface area contributed by atoms with Crippen LogP contribution in [0, 0.1) is 6.92 Å². The van der Waals surface area contributed by atoms with Gasteiger partial charge in [0.15, 0.2) is 11.5 Å². The van der Waals surface area contributed by atoms with E-state index in [0.29, 0.717) is 33.4 Å². The number of anilines is 1. The van der Waals surface area contributed by atoms with E-state index < -0.39 is 22.5 Å². The van der Waals surface area contributed by atoms with E-state index >= 15 is 0 Å². The van der Waals surface area contributed by atoms with Gasteiger partial charge in [0.25, 0.3) is 15.9 Å². The van der Waals surface area contributed by atoms with Crippen molar-refractivity contribution >= 4 is 39.4 Å². The lowest BCUT2D eigenvalue weighted by atomic mass is 10.2. The highest BCUT2D eigenvalue weighted by molar-refractivity contribution is 7.92. The molecule has 3 aromatic carbocycles. The summed E-state index contributed by atoms with van der Waals surface area (Å²) < 4.78 is 43.8. The van der Waals surface area contributed by atoms with Crippen LogP contribution < -0.4 is 23.9 Å². The molecule has 0 radical (unpaired) electrons. The number of rotatable bonds is 10. The van der Waals surface area contributed by atoms with Gasteiger partial charge in [0, 0.05) is 10.6 Å². The fraction of sp³-hybridized carbons (Fsp3) is 0.200. The Bertz CT molecular complexity index is 1340. The summed E-state index contributed by atoms with van der Waals surface area (Å²) in [4.78, 5) is 12.8. The number of amides is 1. The summed E-state index contributed by atoms with van der Waals surface area (Å²) in [5.41, 5.74) is 3.74. The fourth-order valence-electron chi connectivity index (χ4n) is 3.41. The molecule has 0 aliphatic carbocycles. The Balaban J connectivity index is 1.87. The molecule has 0 aliphatic rings. The number of sulfonamides is 1. The number of ether oxygens (including phenoxy) is 3. The molecule has 0 fully saturated rings. The molecule has 190 valence electrons. The molecule has 3 rings (SSSR count). The molecule has 0 heterocycles. The SMILES string of the molecule is COc1cc(/C=N\NC(=O)CN(c2cccc(Cl)c2C)S(=O)(=O)c2ccccc2)cc(OC)c1OC. The van der Waals surface area contributed by atoms with Crippen molar-refractivity contribution in [2.24, 2.45) is 5.10 Å². The van der Waals surface area contributed by atoms with Gasteiger partial charge >= 0.3 is 0 Å². The van der Waals surface area contributed by atoms with Gasteiger partial charge in [-0.05, 0) is 48.9 Å². The zero-order valence-electron chi connectivity index (χ0n) is 20.2. The topological polar surface area (TPSA) is 107 Å². The standard InChI is InChI=1S/C25H26ClN3O6S/c1-17-20(26)11-8-12-21(17)29(36(31,32)19-9-6-5-7-10-19)16-24(30)28-27-15-18-13-22(33-2)25(35-4)23(14-18)34-3/h5-15H,16H2,1-4H3,(H,28,30)/b27-15-. The van der Waals surface area contributed by atoms with Crippen molar-refractivity contribution in [3.05, 3.63) is 76.8 Å². The molecular weight excluding hydrogens is 506 g/mol. The molecule has 36 heavy (non-hydrogen) atoms. The first kappa shape index (κ1) is 26.8. The second-order valence-corrected chi connectivity index (χ2v) is 9.73. The number of hydrogen-bond acceptors (Lipinski definition) is 7. The maximum absolute atomic E-state index is 13.5. The first-order valence-electron chi connectivity index (χ1n) is 10.7. The molecule has 11 heteroatoms. The van der Waals surface area contributed by atoms with Crippen LogP contribution in [-0.2, 0) is 14.8 Å². The number of benzene rings is 3. The third kappa shape index (κ3) is 5.89. The summed E-state index contributed by atoms with van der Waals surface area (Å²) in [5.74, 6) is 0.597. The van der Waals surface area contributed by atoms with E-state index in [-0.39, 0.29) is 10.6 Å². The zero-order valence-corrected chi connectivity index (χ0v) is 21.8. The number of hydrazone groups is 1. The molecule has 3 aromatic rings. The number of nitrogens with one attached hydrogen (secondary N) is 1. The number of methoxy groups -OCH3 is 3. The number of carbonyl (C=O) groups excluding carboxylic acids is 1. The summed E-state index contributed by atoms with van der Waals surface area (Å²) in [6.45, 7) is 1.16. The molecule has 0 saturated carbocycles. The van der Waals surface area contributed by atoms with Crippen molar-refractivity contribution in [3.8, 4) is 17.2 Å². The van der Waals surface area contributed by atoms with Crippen LogP contribution in [0.4, 0.5) is 5.69 Å². The molecular formula is C25H26ClN3O6S. The maximum Gasteiger partial charge on any atom is 0.264 e. The van der Waals surface area contributed by atoms with Gasteiger partial charge in [-0.1, -0.05) is 35.9 Å². The third-order valence-corrected chi connectivity index (χ3v) is 7.40. The van der Waals surface area contributed by atoms with E-state index in [1.54, 1.807) is 55.5 Å². The van der Waals surface area contributed by atoms with E-state index in [2.05, 4.69) is 10.5 Å². The van der Waals surface area contributed by atoms with Crippen molar-refractivity contribution in [1.29, 1.82) is 0 Å². The predicted molar refractivity (Wildman–Crippen MR) is 139 cm³/mol. The maximum atomic E-state index is 13.5. The van der Waals surface area contributed by atoms with Crippen LogP contribution in [0.25, 0.3) is 0 Å². The van der Waals surface area contributed by atoms with E-state index in [1.165, 1.54) is 39.7 Å². The minimum Gasteiger partial charge on any atom is -0.493 e. The molecule has 0 spiro atoms. The molecule has 0 unspecified atom stereocenters. The summed E-state index contributed by atoms with van der Waals surface area (Å²) >= 11 is 6.24. The Morgan fingerprint density at radius 3 is 2.22 bits per heavy atom. The first-order valence-corrected chi connectivity index (χ1v) is 12.5. The smallest absolute Gasteiger partial charge is 0.264 e. The fourth-order valence-corrected chi connectivity index (χ4v) is 5.08. The number of nitrogens with zero attached hydrogens (tertiary/aromatic N) is 2. The highest BCUT2D eigenvalue weighted by atomic mass is 35.5. The van der Waals surface area contributed by atoms with E-state index in [4.69, 9.17) is 25.8 Å². The van der Waals surface area contributed by atoms with Crippen molar-refractivity contribution < 1.29 is 27.4 Å². The Labute approximate surface area is 215 Å². The summed E-state index contributed by atoms with van der Waals surface area (Å²) in [7, 11) is 0.386. The molecule has 0 atom stereocenters. The van der Waals surface area contributed by atoms with Gasteiger partial charge in [-0.2, -0.15) is 5.10 Å². The minimum atomic E-state index is -4.08. The molecule has 0 saturated heterocycles. The summed E-state index contributed by atoms with van der Waals surface area (Å²) in [6.07, 6.45) is 1.38. The van der Waals surface area contributed by atoms with Crippen LogP contribution in [0.5, 0.6) is 17.2 Å². The molecule has 0 aromatic heterocycles. The largest absolute Gasteiger partial charge is 0.493 e. The van der Waals surface area contributed by atoms with Crippen LogP contribution in [0.2, 0.25) is 5.02 Å². The minimum absolute atomic E-state index is 0.0399. The van der Waals surface area contributed by atoms with Crippen LogP contribution in [0.1, 0.15) is 11.1 Å². The highest BCUT2D eigenvalue weighted by Crippen LogP contribution is 2.37. The van der Waals surface area contributed by atoms with Crippen molar-refractivity contribution in [3.63, 3.8) is 0 Å². The third-order valence-electron chi connectivity index (χ3n) is 5.22. The van der Waals surface area contributed by atoms with Gasteiger partial charge < -0.3 is 14.2 Å². The van der Waals surface area contributed by atoms with Gasteiger partial charge in [-0.25, -0.2) is 13.8 Å². The number of carbonyl (C=O) groups is 1. The zero-order chi connectivity index (χ0) is 26.3. The Morgan fingerprint density at radius 1 is 1.00 bits per heavy atom. The normalized spacial score (nSPS) is 11.2. The first-order chi connectivity index (χ1) is 17.2. The van der Waals surface area contributed by atoms with Crippen LogP contribution in [0.3, 0.4) is 0 Å². The van der Waals surface area contributed by atoms with Crippen LogP contribution >= 0.6 is 11.6 Å². The summed E-state index contributed by atoms with van der Waals surface area (Å²) in [5, 5.41) is 4.34. The molecule has 0 aliphatic heterocycles. The van der Waals surface area contributed by atoms with Gasteiger partial charge in [-0.3, -0.25) is 9.10 Å². The lowest BCUT2D eigenvalue weighted by Gasteiger charge is -2.25. The van der Waals surface area contributed by atoms with E-state index in [9.17, 15) is 13.2 Å². The van der Waals surface area contributed by atoms with Gasteiger partial charge in [-0.15, -0.1) is 0 Å². The van der Waals surface area contributed by atoms with Crippen LogP contribution in [-0.4, -0.2) is 48.4 Å². The molecule has 1 amide bonds. The number of hydrogen-bond donors (Lipinski definition) is 1. The molecule has 0 bridgehead atoms. The van der Waals surface area contributed by atoms with Crippen molar-refractivity contribution in [1.82, 2.24) is 5.43 Å². The number of halogens is 1. The van der Waals surface area contributed by atoms with Crippen LogP contribution in [0.15, 0.2) is 70.7 Å². The second kappa shape index (κ2) is 11.8. The Hall–Kier alpha value is -3.76. The Kier molecular flexibility index (Phi) is 8.78. The van der Waals surface area contributed by atoms with Crippen molar-refractivity contribution in [2.45, 2.75) is 11.8 Å². The van der Waals surface area contributed by atoms with Crippen molar-refractivity contribution in [2.75, 3.05) is 32.2 Å². The lowest BCUT2D eigenvalue weighted by molar-refractivity contribution is -0.119. The quantitative estimate of drug-likeness (QED) is 0.313. The monoisotopic (exact) mass is 531 g/mol. The Morgan fingerprint density at radius 2 is 1.64 bits per heavy atom.